The third kappa shape index (κ3) is 3.86. The molecule has 1 aliphatic rings. The smallest absolute Gasteiger partial charge is 0.267 e. The Morgan fingerprint density at radius 2 is 1.76 bits per heavy atom. The number of carbonyl (C=O) groups is 1. The molecule has 0 unspecified atom stereocenters. The second kappa shape index (κ2) is 7.88. The normalized spacial score (nSPS) is 16.1. The largest absolute Gasteiger partial charge is 0.281 e. The summed E-state index contributed by atoms with van der Waals surface area (Å²) >= 11 is 7.14. The predicted octanol–water partition coefficient (Wildman–Crippen LogP) is 5.40. The summed E-state index contributed by atoms with van der Waals surface area (Å²) in [5, 5.41) is 5.56. The fourth-order valence-electron chi connectivity index (χ4n) is 2.79. The molecule has 0 saturated carbocycles. The molecule has 4 rings (SSSR count). The minimum atomic E-state index is -1.29. The monoisotopic (exact) mass is 433 g/mol. The number of rotatable bonds is 3. The molecular weight excluding hydrogens is 423 g/mol. The average molecular weight is 434 g/mol. The summed E-state index contributed by atoms with van der Waals surface area (Å²) in [6, 6.07) is 11.1. The van der Waals surface area contributed by atoms with Crippen LogP contribution in [0.15, 0.2) is 66.0 Å². The summed E-state index contributed by atoms with van der Waals surface area (Å²) in [5.74, 6) is -4.72. The van der Waals surface area contributed by atoms with E-state index in [0.717, 1.165) is 5.01 Å². The highest BCUT2D eigenvalue weighted by atomic mass is 35.5. The molecule has 29 heavy (non-hydrogen) atoms. The topological polar surface area (TPSA) is 45.6 Å². The first kappa shape index (κ1) is 19.5. The number of nitrogens with zero attached hydrogens (tertiary/aromatic N) is 3. The Hall–Kier alpha value is -2.84. The molecule has 3 aromatic rings. The van der Waals surface area contributed by atoms with Gasteiger partial charge in [-0.2, -0.15) is 5.10 Å². The first-order valence-electron chi connectivity index (χ1n) is 8.33. The van der Waals surface area contributed by atoms with Gasteiger partial charge in [-0.15, -0.1) is 0 Å². The Kier molecular flexibility index (Phi) is 5.29. The summed E-state index contributed by atoms with van der Waals surface area (Å²) in [7, 11) is 0. The molecule has 0 bridgehead atoms. The highest BCUT2D eigenvalue weighted by molar-refractivity contribution is 8.14. The van der Waals surface area contributed by atoms with Gasteiger partial charge in [0.05, 0.1) is 0 Å². The molecule has 1 atom stereocenters. The number of hydrogen-bond acceptors (Lipinski definition) is 4. The summed E-state index contributed by atoms with van der Waals surface area (Å²) in [4.78, 5) is 17.0. The van der Waals surface area contributed by atoms with Gasteiger partial charge in [0.25, 0.3) is 5.91 Å². The van der Waals surface area contributed by atoms with Crippen LogP contribution >= 0.6 is 23.4 Å². The van der Waals surface area contributed by atoms with Crippen LogP contribution in [0.2, 0.25) is 5.02 Å². The van der Waals surface area contributed by atoms with Crippen molar-refractivity contribution in [3.8, 4) is 0 Å². The van der Waals surface area contributed by atoms with Gasteiger partial charge in [0.1, 0.15) is 33.4 Å². The van der Waals surface area contributed by atoms with Crippen molar-refractivity contribution in [3.63, 3.8) is 0 Å². The average Bonchev–Trinajstić information content (AvgIpc) is 3.14. The van der Waals surface area contributed by atoms with E-state index in [1.165, 1.54) is 18.0 Å². The zero-order valence-electron chi connectivity index (χ0n) is 14.5. The van der Waals surface area contributed by atoms with E-state index in [9.17, 15) is 18.0 Å². The number of thioether (sulfide) groups is 1. The van der Waals surface area contributed by atoms with Gasteiger partial charge >= 0.3 is 0 Å². The first-order valence-corrected chi connectivity index (χ1v) is 9.59. The van der Waals surface area contributed by atoms with Crippen molar-refractivity contribution in [2.45, 2.75) is 5.37 Å². The third-order valence-electron chi connectivity index (χ3n) is 4.13. The lowest BCUT2D eigenvalue weighted by atomic mass is 10.1. The molecule has 9 heteroatoms. The summed E-state index contributed by atoms with van der Waals surface area (Å²) in [6.07, 6.45) is 3.10. The molecule has 0 spiro atoms. The number of hydrogen-bond donors (Lipinski definition) is 0. The standard InChI is InChI=1S/C20H11ClF3N3OS/c21-13-5-3-11(4-6-13)18-26-27(20(29-18)12-2-1-7-25-10-12)19(28)17-15(23)8-14(22)9-16(17)24/h1-10,20H/t20-/m1/s1. The van der Waals surface area contributed by atoms with Crippen molar-refractivity contribution >= 4 is 34.3 Å². The van der Waals surface area contributed by atoms with Crippen LogP contribution in [-0.2, 0) is 0 Å². The maximum Gasteiger partial charge on any atom is 0.281 e. The zero-order valence-corrected chi connectivity index (χ0v) is 16.1. The lowest BCUT2D eigenvalue weighted by Gasteiger charge is -2.21. The molecule has 0 radical (unpaired) electrons. The van der Waals surface area contributed by atoms with Crippen molar-refractivity contribution < 1.29 is 18.0 Å². The van der Waals surface area contributed by atoms with Crippen LogP contribution in [0.1, 0.15) is 26.9 Å². The van der Waals surface area contributed by atoms with E-state index < -0.39 is 34.3 Å². The second-order valence-electron chi connectivity index (χ2n) is 6.06. The van der Waals surface area contributed by atoms with Gasteiger partial charge in [-0.05, 0) is 18.2 Å². The number of amides is 1. The van der Waals surface area contributed by atoms with Gasteiger partial charge in [-0.3, -0.25) is 9.78 Å². The molecule has 1 amide bonds. The quantitative estimate of drug-likeness (QED) is 0.555. The van der Waals surface area contributed by atoms with Crippen LogP contribution in [0.4, 0.5) is 13.2 Å². The van der Waals surface area contributed by atoms with Gasteiger partial charge in [-0.25, -0.2) is 18.2 Å². The molecule has 0 aliphatic carbocycles. The first-order chi connectivity index (χ1) is 13.9. The highest BCUT2D eigenvalue weighted by Crippen LogP contribution is 2.42. The third-order valence-corrected chi connectivity index (χ3v) is 5.62. The predicted molar refractivity (Wildman–Crippen MR) is 105 cm³/mol. The maximum absolute atomic E-state index is 14.2. The molecule has 0 fully saturated rings. The molecule has 4 nitrogen and oxygen atoms in total. The van der Waals surface area contributed by atoms with Crippen molar-refractivity contribution in [2.24, 2.45) is 5.10 Å². The molecule has 0 saturated heterocycles. The summed E-state index contributed by atoms with van der Waals surface area (Å²) < 4.78 is 41.6. The van der Waals surface area contributed by atoms with Crippen LogP contribution in [0.5, 0.6) is 0 Å². The molecule has 2 aromatic carbocycles. The molecule has 1 aliphatic heterocycles. The van der Waals surface area contributed by atoms with Gasteiger partial charge in [0, 0.05) is 40.7 Å². The van der Waals surface area contributed by atoms with Gasteiger partial charge in [-0.1, -0.05) is 41.6 Å². The Labute approximate surface area is 173 Å². The van der Waals surface area contributed by atoms with Crippen LogP contribution in [-0.4, -0.2) is 20.9 Å². The summed E-state index contributed by atoms with van der Waals surface area (Å²) in [6.45, 7) is 0. The van der Waals surface area contributed by atoms with E-state index >= 15 is 0 Å². The van der Waals surface area contributed by atoms with Crippen LogP contribution in [0, 0.1) is 17.5 Å². The van der Waals surface area contributed by atoms with Crippen LogP contribution < -0.4 is 0 Å². The lowest BCUT2D eigenvalue weighted by Crippen LogP contribution is -2.28. The van der Waals surface area contributed by atoms with E-state index in [-0.39, 0.29) is 0 Å². The Morgan fingerprint density at radius 3 is 2.38 bits per heavy atom. The van der Waals surface area contributed by atoms with Gasteiger partial charge in [0.2, 0.25) is 0 Å². The Morgan fingerprint density at radius 1 is 1.07 bits per heavy atom. The van der Waals surface area contributed by atoms with E-state index in [1.807, 2.05) is 0 Å². The van der Waals surface area contributed by atoms with E-state index in [2.05, 4.69) is 10.1 Å². The van der Waals surface area contributed by atoms with Crippen LogP contribution in [0.3, 0.4) is 0 Å². The Balaban J connectivity index is 1.78. The van der Waals surface area contributed by atoms with Crippen LogP contribution in [0.25, 0.3) is 0 Å². The molecule has 146 valence electrons. The number of pyridine rings is 1. The number of carbonyl (C=O) groups excluding carboxylic acids is 1. The molecular formula is C20H11ClF3N3OS. The minimum Gasteiger partial charge on any atom is -0.267 e. The highest BCUT2D eigenvalue weighted by Gasteiger charge is 2.37. The van der Waals surface area contributed by atoms with Crippen molar-refractivity contribution in [3.05, 3.63) is 100 Å². The fourth-order valence-corrected chi connectivity index (χ4v) is 4.05. The number of aromatic nitrogens is 1. The second-order valence-corrected chi connectivity index (χ2v) is 7.57. The van der Waals surface area contributed by atoms with E-state index in [4.69, 9.17) is 11.6 Å². The van der Waals surface area contributed by atoms with Crippen molar-refractivity contribution in [1.29, 1.82) is 0 Å². The fraction of sp³-hybridized carbons (Fsp3) is 0.0500. The number of hydrazone groups is 1. The van der Waals surface area contributed by atoms with E-state index in [1.54, 1.807) is 42.6 Å². The zero-order chi connectivity index (χ0) is 20.5. The molecule has 2 heterocycles. The Bertz CT molecular complexity index is 1090. The number of halogens is 4. The van der Waals surface area contributed by atoms with Gasteiger partial charge in [0.15, 0.2) is 0 Å². The molecule has 1 aromatic heterocycles. The van der Waals surface area contributed by atoms with Crippen molar-refractivity contribution in [1.82, 2.24) is 9.99 Å². The SMILES string of the molecule is O=C(c1c(F)cc(F)cc1F)N1N=C(c2ccc(Cl)cc2)S[C@@H]1c1cccnc1. The van der Waals surface area contributed by atoms with Crippen molar-refractivity contribution in [2.75, 3.05) is 0 Å². The minimum absolute atomic E-state index is 0.461. The summed E-state index contributed by atoms with van der Waals surface area (Å²) in [5.41, 5.74) is 0.423. The number of benzene rings is 2. The lowest BCUT2D eigenvalue weighted by molar-refractivity contribution is 0.0739. The van der Waals surface area contributed by atoms with E-state index in [0.29, 0.717) is 33.3 Å². The molecule has 0 N–H and O–H groups in total. The maximum atomic E-state index is 14.2. The van der Waals surface area contributed by atoms with Gasteiger partial charge < -0.3 is 0 Å².